The van der Waals surface area contributed by atoms with Crippen molar-refractivity contribution in [1.82, 2.24) is 0 Å². The average molecular weight is 224 g/mol. The van der Waals surface area contributed by atoms with E-state index in [0.29, 0.717) is 0 Å². The van der Waals surface area contributed by atoms with Gasteiger partial charge in [0.1, 0.15) is 0 Å². The number of likely N-dealkylation sites (tertiary alicyclic amines) is 1. The third-order valence-corrected chi connectivity index (χ3v) is 3.75. The van der Waals surface area contributed by atoms with Crippen LogP contribution in [0.3, 0.4) is 0 Å². The topological polar surface area (TPSA) is 55.8 Å². The van der Waals surface area contributed by atoms with Gasteiger partial charge in [0.15, 0.2) is 6.73 Å². The van der Waals surface area contributed by atoms with Crippen molar-refractivity contribution in [1.29, 1.82) is 0 Å². The van der Waals surface area contributed by atoms with Crippen molar-refractivity contribution in [2.75, 3.05) is 33.0 Å². The highest BCUT2D eigenvalue weighted by molar-refractivity contribution is 7.47. The molecule has 0 aromatic heterocycles. The van der Waals surface area contributed by atoms with Crippen LogP contribution < -0.4 is 0 Å². The van der Waals surface area contributed by atoms with Crippen LogP contribution in [0.15, 0.2) is 0 Å². The second-order valence-corrected chi connectivity index (χ2v) is 5.06. The summed E-state index contributed by atoms with van der Waals surface area (Å²) in [5.41, 5.74) is 0. The van der Waals surface area contributed by atoms with E-state index in [1.165, 1.54) is 6.42 Å². The number of quaternary nitrogens is 1. The van der Waals surface area contributed by atoms with Crippen LogP contribution in [0.4, 0.5) is 0 Å². The minimum atomic E-state index is -3.80. The molecule has 6 heteroatoms. The van der Waals surface area contributed by atoms with E-state index in [9.17, 15) is 9.46 Å². The van der Waals surface area contributed by atoms with Crippen LogP contribution in [-0.4, -0.2) is 42.3 Å². The lowest BCUT2D eigenvalue weighted by Crippen LogP contribution is -2.58. The fraction of sp³-hybridized carbons (Fsp3) is 1.00. The highest BCUT2D eigenvalue weighted by atomic mass is 31.2. The molecule has 0 aliphatic carbocycles. The second-order valence-electron chi connectivity index (χ2n) is 3.60. The van der Waals surface area contributed by atoms with Crippen LogP contribution in [0.25, 0.3) is 0 Å². The normalized spacial score (nSPS) is 23.9. The quantitative estimate of drug-likeness (QED) is 0.546. The van der Waals surface area contributed by atoms with E-state index >= 15 is 0 Å². The molecule has 1 fully saturated rings. The Kier molecular flexibility index (Phi) is 4.10. The molecule has 0 amide bonds. The zero-order chi connectivity index (χ0) is 10.7. The van der Waals surface area contributed by atoms with Gasteiger partial charge in [-0.15, -0.1) is 0 Å². The van der Waals surface area contributed by atoms with Crippen molar-refractivity contribution in [3.05, 3.63) is 0 Å². The lowest BCUT2D eigenvalue weighted by Gasteiger charge is -2.44. The average Bonchev–Trinajstić information content (AvgIpc) is 2.03. The van der Waals surface area contributed by atoms with Gasteiger partial charge in [-0.2, -0.15) is 0 Å². The third-order valence-electron chi connectivity index (χ3n) is 2.72. The fourth-order valence-corrected chi connectivity index (χ4v) is 2.33. The molecule has 0 saturated carbocycles. The largest absolute Gasteiger partial charge is 0.476 e. The Morgan fingerprint density at radius 2 is 2.00 bits per heavy atom. The monoisotopic (exact) mass is 224 g/mol. The van der Waals surface area contributed by atoms with Crippen molar-refractivity contribution in [3.63, 3.8) is 0 Å². The number of phosphoric acid groups is 1. The van der Waals surface area contributed by atoms with E-state index in [-0.39, 0.29) is 13.3 Å². The predicted octanol–water partition coefficient (Wildman–Crippen LogP) is 1.34. The summed E-state index contributed by atoms with van der Waals surface area (Å²) in [6, 6.07) is 0. The summed E-state index contributed by atoms with van der Waals surface area (Å²) in [4.78, 5) is 9.19. The molecule has 1 N–H and O–H groups in total. The molecule has 1 heterocycles. The summed E-state index contributed by atoms with van der Waals surface area (Å²) >= 11 is 0. The molecule has 1 aliphatic heterocycles. The van der Waals surface area contributed by atoms with Crippen LogP contribution in [0.5, 0.6) is 0 Å². The summed E-state index contributed by atoms with van der Waals surface area (Å²) < 4.78 is 21.5. The number of hydrogen-bond acceptors (Lipinski definition) is 3. The molecular formula is C8H19NO4P+. The number of nitrogens with zero attached hydrogens (tertiary/aromatic N) is 1. The second kappa shape index (κ2) is 4.73. The molecule has 1 saturated heterocycles. The maximum Gasteiger partial charge on any atom is 0.476 e. The van der Waals surface area contributed by atoms with Crippen LogP contribution >= 0.6 is 7.82 Å². The Morgan fingerprint density at radius 1 is 1.36 bits per heavy atom. The lowest BCUT2D eigenvalue weighted by molar-refractivity contribution is -0.975. The molecule has 5 nitrogen and oxygen atoms in total. The molecule has 0 aromatic carbocycles. The Hall–Kier alpha value is 0.0700. The first kappa shape index (κ1) is 12.1. The van der Waals surface area contributed by atoms with Gasteiger partial charge in [-0.25, -0.2) is 9.09 Å². The van der Waals surface area contributed by atoms with E-state index in [0.717, 1.165) is 24.1 Å². The Bertz CT molecular complexity index is 224. The highest BCUT2D eigenvalue weighted by Crippen LogP contribution is 2.44. The summed E-state index contributed by atoms with van der Waals surface area (Å²) in [6.45, 7) is 7.20. The molecule has 1 rings (SSSR count). The maximum atomic E-state index is 11.2. The minimum absolute atomic E-state index is 0.194. The van der Waals surface area contributed by atoms with Crippen molar-refractivity contribution in [3.8, 4) is 0 Å². The summed E-state index contributed by atoms with van der Waals surface area (Å²) in [6.07, 6.45) is 1.17. The van der Waals surface area contributed by atoms with Crippen LogP contribution in [0, 0.1) is 0 Å². The van der Waals surface area contributed by atoms with Gasteiger partial charge in [-0.1, -0.05) is 0 Å². The predicted molar refractivity (Wildman–Crippen MR) is 52.6 cm³/mol. The molecule has 0 spiro atoms. The highest BCUT2D eigenvalue weighted by Gasteiger charge is 2.36. The molecule has 1 unspecified atom stereocenters. The van der Waals surface area contributed by atoms with Crippen molar-refractivity contribution >= 4 is 7.82 Å². The van der Waals surface area contributed by atoms with Crippen LogP contribution in [-0.2, 0) is 13.6 Å². The van der Waals surface area contributed by atoms with Gasteiger partial charge in [0.25, 0.3) is 0 Å². The van der Waals surface area contributed by atoms with Gasteiger partial charge < -0.3 is 9.38 Å². The Balaban J connectivity index is 2.35. The maximum absolute atomic E-state index is 11.2. The Labute approximate surface area is 84.8 Å². The van der Waals surface area contributed by atoms with E-state index in [4.69, 9.17) is 4.52 Å². The molecule has 0 aromatic rings. The zero-order valence-electron chi connectivity index (χ0n) is 8.81. The third kappa shape index (κ3) is 3.04. The number of phosphoric ester groups is 1. The standard InChI is InChI=1S/C8H18NO4P/c1-3-9(6-5-7-9)8-13-14(10,11)12-4-2/h3-8H2,1-2H3/p+1. The summed E-state index contributed by atoms with van der Waals surface area (Å²) in [5.74, 6) is 0. The van der Waals surface area contributed by atoms with E-state index in [2.05, 4.69) is 11.4 Å². The SMILES string of the molecule is CCOP(=O)(O)OC[N+]1(CC)CCC1. The van der Waals surface area contributed by atoms with E-state index in [1.807, 2.05) is 0 Å². The minimum Gasteiger partial charge on any atom is -0.302 e. The van der Waals surface area contributed by atoms with Crippen LogP contribution in [0.1, 0.15) is 20.3 Å². The van der Waals surface area contributed by atoms with Gasteiger partial charge in [-0.05, 0) is 13.8 Å². The zero-order valence-corrected chi connectivity index (χ0v) is 9.70. The fourth-order valence-electron chi connectivity index (χ4n) is 1.54. The van der Waals surface area contributed by atoms with Crippen LogP contribution in [0.2, 0.25) is 0 Å². The van der Waals surface area contributed by atoms with Crippen molar-refractivity contribution in [2.45, 2.75) is 20.3 Å². The summed E-state index contributed by atoms with van der Waals surface area (Å²) in [7, 11) is -3.80. The lowest BCUT2D eigenvalue weighted by atomic mass is 10.1. The summed E-state index contributed by atoms with van der Waals surface area (Å²) in [5, 5.41) is 0. The van der Waals surface area contributed by atoms with Gasteiger partial charge in [0, 0.05) is 6.42 Å². The molecule has 1 aliphatic rings. The first-order valence-electron chi connectivity index (χ1n) is 5.00. The molecule has 14 heavy (non-hydrogen) atoms. The Morgan fingerprint density at radius 3 is 2.36 bits per heavy atom. The molecule has 1 atom stereocenters. The van der Waals surface area contributed by atoms with Gasteiger partial charge in [0.2, 0.25) is 0 Å². The van der Waals surface area contributed by atoms with E-state index < -0.39 is 7.82 Å². The molecule has 0 radical (unpaired) electrons. The molecular weight excluding hydrogens is 205 g/mol. The molecule has 0 bridgehead atoms. The van der Waals surface area contributed by atoms with Gasteiger partial charge >= 0.3 is 7.82 Å². The van der Waals surface area contributed by atoms with Crippen molar-refractivity contribution in [2.24, 2.45) is 0 Å². The first-order valence-corrected chi connectivity index (χ1v) is 6.50. The molecule has 84 valence electrons. The van der Waals surface area contributed by atoms with Crippen molar-refractivity contribution < 1.29 is 23.0 Å². The van der Waals surface area contributed by atoms with Gasteiger partial charge in [-0.3, -0.25) is 4.52 Å². The number of rotatable bonds is 6. The van der Waals surface area contributed by atoms with E-state index in [1.54, 1.807) is 6.92 Å². The smallest absolute Gasteiger partial charge is 0.302 e. The first-order chi connectivity index (χ1) is 6.54. The van der Waals surface area contributed by atoms with Gasteiger partial charge in [0.05, 0.1) is 26.2 Å². The number of hydrogen-bond donors (Lipinski definition) is 1.